The Morgan fingerprint density at radius 3 is 2.93 bits per heavy atom. The first kappa shape index (κ1) is 18.8. The van der Waals surface area contributed by atoms with Crippen LogP contribution in [0.4, 0.5) is 5.82 Å². The highest BCUT2D eigenvalue weighted by Crippen LogP contribution is 2.24. The maximum absolute atomic E-state index is 12.5. The lowest BCUT2D eigenvalue weighted by atomic mass is 10.1. The molecule has 0 fully saturated rings. The molecular formula is C18H11BrClN5O2. The van der Waals surface area contributed by atoms with Crippen LogP contribution in [0.1, 0.15) is 17.0 Å². The third kappa shape index (κ3) is 4.05. The van der Waals surface area contributed by atoms with Crippen molar-refractivity contribution in [1.29, 1.82) is 10.7 Å². The largest absolute Gasteiger partial charge is 0.401 e. The maximum Gasteiger partial charge on any atom is 0.347 e. The van der Waals surface area contributed by atoms with Gasteiger partial charge in [0.1, 0.15) is 11.5 Å². The molecule has 9 heteroatoms. The molecule has 0 amide bonds. The Balaban J connectivity index is 2.19. The summed E-state index contributed by atoms with van der Waals surface area (Å²) >= 11 is 9.15. The average Bonchev–Trinajstić information content (AvgIpc) is 2.63. The van der Waals surface area contributed by atoms with Gasteiger partial charge in [-0.1, -0.05) is 11.6 Å². The molecule has 2 heterocycles. The van der Waals surface area contributed by atoms with Crippen LogP contribution >= 0.6 is 27.5 Å². The predicted molar refractivity (Wildman–Crippen MR) is 107 cm³/mol. The molecule has 0 aliphatic heterocycles. The van der Waals surface area contributed by atoms with Gasteiger partial charge in [0.05, 0.1) is 32.2 Å². The second-order valence-corrected chi connectivity index (χ2v) is 6.73. The summed E-state index contributed by atoms with van der Waals surface area (Å²) in [5.74, 6) is 0.284. The molecule has 0 aliphatic carbocycles. The Kier molecular flexibility index (Phi) is 5.35. The van der Waals surface area contributed by atoms with Gasteiger partial charge in [0.15, 0.2) is 0 Å². The molecule has 3 rings (SSSR count). The van der Waals surface area contributed by atoms with Gasteiger partial charge in [0, 0.05) is 6.20 Å². The second-order valence-electron chi connectivity index (χ2n) is 5.47. The van der Waals surface area contributed by atoms with Crippen molar-refractivity contribution in [2.45, 2.75) is 6.92 Å². The van der Waals surface area contributed by atoms with Gasteiger partial charge in [-0.25, -0.2) is 14.8 Å². The van der Waals surface area contributed by atoms with E-state index in [-0.39, 0.29) is 21.6 Å². The summed E-state index contributed by atoms with van der Waals surface area (Å²) in [6.07, 6.45) is 2.92. The zero-order valence-electron chi connectivity index (χ0n) is 13.9. The Labute approximate surface area is 167 Å². The molecule has 2 N–H and O–H groups in total. The van der Waals surface area contributed by atoms with Gasteiger partial charge in [-0.15, -0.1) is 0 Å². The number of hydrogen-bond donors (Lipinski definition) is 2. The van der Waals surface area contributed by atoms with Crippen LogP contribution in [0, 0.1) is 23.7 Å². The van der Waals surface area contributed by atoms with Crippen LogP contribution in [0.5, 0.6) is 0 Å². The third-order valence-electron chi connectivity index (χ3n) is 3.57. The van der Waals surface area contributed by atoms with E-state index in [0.29, 0.717) is 27.5 Å². The molecule has 3 aromatic rings. The molecule has 0 bridgehead atoms. The number of pyridine rings is 1. The van der Waals surface area contributed by atoms with Gasteiger partial charge in [0.25, 0.3) is 0 Å². The summed E-state index contributed by atoms with van der Waals surface area (Å²) in [6.45, 7) is 1.75. The van der Waals surface area contributed by atoms with Gasteiger partial charge in [-0.2, -0.15) is 5.26 Å². The Hall–Kier alpha value is -3.02. The van der Waals surface area contributed by atoms with Crippen LogP contribution in [0.15, 0.2) is 45.8 Å². The Bertz CT molecular complexity index is 1200. The van der Waals surface area contributed by atoms with Crippen molar-refractivity contribution < 1.29 is 4.42 Å². The molecule has 0 spiro atoms. The van der Waals surface area contributed by atoms with Crippen molar-refractivity contribution in [3.63, 3.8) is 0 Å². The van der Waals surface area contributed by atoms with Crippen LogP contribution < -0.4 is 10.9 Å². The molecule has 7 nitrogen and oxygen atoms in total. The van der Waals surface area contributed by atoms with Crippen LogP contribution in [-0.4, -0.2) is 14.6 Å². The monoisotopic (exact) mass is 443 g/mol. The minimum absolute atomic E-state index is 0.0261. The van der Waals surface area contributed by atoms with Crippen molar-refractivity contribution in [1.82, 2.24) is 9.97 Å². The normalized spacial score (nSPS) is 11.3. The molecule has 0 aliphatic rings. The SMILES string of the molecule is Cc1cc(C#N)cc2c(=O)oc(/C(=C/C(=N)Br)Nc3ncccc3Cl)nc12. The highest BCUT2D eigenvalue weighted by atomic mass is 79.9. The van der Waals surface area contributed by atoms with E-state index in [9.17, 15) is 4.79 Å². The molecule has 0 atom stereocenters. The number of hydrogen-bond acceptors (Lipinski definition) is 7. The summed E-state index contributed by atoms with van der Waals surface area (Å²) < 4.78 is 5.35. The molecule has 0 saturated heterocycles. The standard InChI is InChI=1S/C18H11BrClN5O2/c1-9-5-10(8-21)6-11-15(9)25-17(27-18(11)26)13(7-14(19)22)24-16-12(20)3-2-4-23-16/h2-7,22H,1H3,(H,23,24)/b13-7-,22-14?. The average molecular weight is 445 g/mol. The van der Waals surface area contributed by atoms with E-state index in [1.807, 2.05) is 6.07 Å². The van der Waals surface area contributed by atoms with Crippen LogP contribution in [0.3, 0.4) is 0 Å². The lowest BCUT2D eigenvalue weighted by molar-refractivity contribution is 0.486. The van der Waals surface area contributed by atoms with E-state index in [1.54, 1.807) is 31.3 Å². The molecule has 134 valence electrons. The number of benzene rings is 1. The molecule has 0 unspecified atom stereocenters. The zero-order valence-corrected chi connectivity index (χ0v) is 16.2. The summed E-state index contributed by atoms with van der Waals surface area (Å²) in [7, 11) is 0. The summed E-state index contributed by atoms with van der Waals surface area (Å²) in [5, 5.41) is 20.2. The van der Waals surface area contributed by atoms with Crippen LogP contribution in [0.2, 0.25) is 5.02 Å². The van der Waals surface area contributed by atoms with Crippen LogP contribution in [0.25, 0.3) is 16.6 Å². The van der Waals surface area contributed by atoms with Gasteiger partial charge in [-0.3, -0.25) is 5.41 Å². The smallest absolute Gasteiger partial charge is 0.347 e. The van der Waals surface area contributed by atoms with Crippen molar-refractivity contribution in [3.05, 3.63) is 69.0 Å². The van der Waals surface area contributed by atoms with E-state index in [1.165, 1.54) is 12.1 Å². The van der Waals surface area contributed by atoms with Gasteiger partial charge >= 0.3 is 5.63 Å². The topological polar surface area (TPSA) is 116 Å². The van der Waals surface area contributed by atoms with Crippen LogP contribution in [-0.2, 0) is 0 Å². The number of aryl methyl sites for hydroxylation is 1. The number of nitriles is 1. The first-order chi connectivity index (χ1) is 12.9. The second kappa shape index (κ2) is 7.70. The van der Waals surface area contributed by atoms with Crippen molar-refractivity contribution >= 4 is 54.6 Å². The van der Waals surface area contributed by atoms with Crippen molar-refractivity contribution in [2.24, 2.45) is 0 Å². The number of rotatable bonds is 4. The Morgan fingerprint density at radius 1 is 1.48 bits per heavy atom. The summed E-state index contributed by atoms with van der Waals surface area (Å²) in [6, 6.07) is 8.39. The fourth-order valence-corrected chi connectivity index (χ4v) is 2.81. The molecule has 0 saturated carbocycles. The first-order valence-electron chi connectivity index (χ1n) is 7.58. The lowest BCUT2D eigenvalue weighted by Gasteiger charge is -2.11. The van der Waals surface area contributed by atoms with E-state index in [4.69, 9.17) is 26.7 Å². The van der Waals surface area contributed by atoms with Gasteiger partial charge < -0.3 is 9.73 Å². The quantitative estimate of drug-likeness (QED) is 0.581. The predicted octanol–water partition coefficient (Wildman–Crippen LogP) is 4.24. The fourth-order valence-electron chi connectivity index (χ4n) is 2.41. The number of nitrogens with one attached hydrogen (secondary N) is 2. The zero-order chi connectivity index (χ0) is 19.6. The highest BCUT2D eigenvalue weighted by Gasteiger charge is 2.15. The first-order valence-corrected chi connectivity index (χ1v) is 8.75. The molecule has 1 aromatic carbocycles. The van der Waals surface area contributed by atoms with Gasteiger partial charge in [-0.05, 0) is 58.8 Å². The number of halogens is 2. The number of fused-ring (bicyclic) bond motifs is 1. The number of aromatic nitrogens is 2. The number of anilines is 1. The lowest BCUT2D eigenvalue weighted by Crippen LogP contribution is -2.10. The Morgan fingerprint density at radius 2 is 2.26 bits per heavy atom. The molecule has 2 aromatic heterocycles. The fraction of sp³-hybridized carbons (Fsp3) is 0.0556. The number of allylic oxidation sites excluding steroid dienone is 1. The maximum atomic E-state index is 12.5. The summed E-state index contributed by atoms with van der Waals surface area (Å²) in [5.41, 5.74) is 0.984. The van der Waals surface area contributed by atoms with E-state index in [0.717, 1.165) is 0 Å². The summed E-state index contributed by atoms with van der Waals surface area (Å²) in [4.78, 5) is 21.0. The molecule has 27 heavy (non-hydrogen) atoms. The minimum atomic E-state index is -0.642. The van der Waals surface area contributed by atoms with Crippen molar-refractivity contribution in [3.8, 4) is 6.07 Å². The number of nitrogens with zero attached hydrogens (tertiary/aromatic N) is 3. The van der Waals surface area contributed by atoms with Gasteiger partial charge in [0.2, 0.25) is 5.89 Å². The van der Waals surface area contributed by atoms with E-state index >= 15 is 0 Å². The highest BCUT2D eigenvalue weighted by molar-refractivity contribution is 9.18. The molecular weight excluding hydrogens is 434 g/mol. The van der Waals surface area contributed by atoms with E-state index in [2.05, 4.69) is 31.2 Å². The minimum Gasteiger partial charge on any atom is -0.401 e. The molecule has 0 radical (unpaired) electrons. The van der Waals surface area contributed by atoms with E-state index < -0.39 is 5.63 Å². The third-order valence-corrected chi connectivity index (χ3v) is 4.10. The van der Waals surface area contributed by atoms with Crippen molar-refractivity contribution in [2.75, 3.05) is 5.32 Å².